The summed E-state index contributed by atoms with van der Waals surface area (Å²) in [4.78, 5) is 5.08. The van der Waals surface area contributed by atoms with Gasteiger partial charge in [0.05, 0.1) is 11.4 Å². The van der Waals surface area contributed by atoms with Crippen molar-refractivity contribution in [2.24, 2.45) is 0 Å². The number of hydrogen-bond acceptors (Lipinski definition) is 2. The molecule has 0 heterocycles. The monoisotopic (exact) mass is 918 g/mol. The molecule has 0 unspecified atom stereocenters. The summed E-state index contributed by atoms with van der Waals surface area (Å²) >= 11 is 7.46. The molecule has 0 aliphatic heterocycles. The molecule has 308 valence electrons. The average Bonchev–Trinajstić information content (AvgIpc) is 3.76. The topological polar surface area (TPSA) is 6.48 Å². The molecule has 0 spiro atoms. The highest BCUT2D eigenvalue weighted by Gasteiger charge is 2.62. The van der Waals surface area contributed by atoms with Crippen molar-refractivity contribution in [3.8, 4) is 11.1 Å². The van der Waals surface area contributed by atoms with Crippen molar-refractivity contribution in [3.63, 3.8) is 0 Å². The molecule has 2 saturated carbocycles. The molecule has 0 atom stereocenters. The van der Waals surface area contributed by atoms with Crippen molar-refractivity contribution in [2.45, 2.75) is 129 Å². The standard InChI is InChI=1S/C56H60Br2N2/c1-35-29-39(53(5,6)7)30-36(2)51(35)59(43-17-13-41(57)14-18-43)45-21-23-47-48-24-22-46(34-50(48)56-27-11-25-55(56,26-12-28-56)49(47)33-45)60(44-19-15-42(58)16-20-44)52-37(3)31-40(32-38(52)4)54(8,9)10/h13-24,29-34H,11-12,25-28H2,1-10H3/t55-,56+. The van der Waals surface area contributed by atoms with Gasteiger partial charge in [0, 0.05) is 42.5 Å². The molecule has 6 aromatic rings. The van der Waals surface area contributed by atoms with E-state index in [0.717, 1.165) is 8.95 Å². The Morgan fingerprint density at radius 2 is 0.717 bits per heavy atom. The van der Waals surface area contributed by atoms with Gasteiger partial charge < -0.3 is 9.80 Å². The number of hydrogen-bond donors (Lipinski definition) is 0. The maximum Gasteiger partial charge on any atom is 0.0520 e. The molecule has 2 fully saturated rings. The molecule has 4 heteroatoms. The smallest absolute Gasteiger partial charge is 0.0520 e. The summed E-state index contributed by atoms with van der Waals surface area (Å²) in [6.45, 7) is 23.1. The van der Waals surface area contributed by atoms with Crippen LogP contribution in [0.1, 0.15) is 125 Å². The molecule has 0 amide bonds. The molecule has 9 rings (SSSR count). The largest absolute Gasteiger partial charge is 0.310 e. The summed E-state index contributed by atoms with van der Waals surface area (Å²) in [6, 6.07) is 42.4. The quantitative estimate of drug-likeness (QED) is 0.164. The third kappa shape index (κ3) is 6.62. The van der Waals surface area contributed by atoms with E-state index in [-0.39, 0.29) is 21.7 Å². The van der Waals surface area contributed by atoms with Gasteiger partial charge in [0.2, 0.25) is 0 Å². The summed E-state index contributed by atoms with van der Waals surface area (Å²) in [5, 5.41) is 0. The molecule has 0 N–H and O–H groups in total. The van der Waals surface area contributed by atoms with Crippen molar-refractivity contribution in [3.05, 3.63) is 163 Å². The molecule has 0 radical (unpaired) electrons. The van der Waals surface area contributed by atoms with Gasteiger partial charge >= 0.3 is 0 Å². The summed E-state index contributed by atoms with van der Waals surface area (Å²) in [6.07, 6.45) is 7.50. The van der Waals surface area contributed by atoms with Gasteiger partial charge in [-0.1, -0.05) is 123 Å². The highest BCUT2D eigenvalue weighted by atomic mass is 79.9. The van der Waals surface area contributed by atoms with Crippen LogP contribution in [-0.2, 0) is 21.7 Å². The fourth-order valence-electron chi connectivity index (χ4n) is 11.7. The van der Waals surface area contributed by atoms with Crippen LogP contribution in [-0.4, -0.2) is 0 Å². The first-order chi connectivity index (χ1) is 28.4. The van der Waals surface area contributed by atoms with E-state index in [0.29, 0.717) is 0 Å². The molecule has 3 aliphatic rings. The van der Waals surface area contributed by atoms with E-state index in [1.807, 2.05) is 0 Å². The van der Waals surface area contributed by atoms with Crippen LogP contribution in [0.4, 0.5) is 34.1 Å². The van der Waals surface area contributed by atoms with E-state index >= 15 is 0 Å². The Morgan fingerprint density at radius 3 is 1.02 bits per heavy atom. The molecule has 6 aromatic carbocycles. The van der Waals surface area contributed by atoms with Gasteiger partial charge in [-0.05, 0) is 193 Å². The minimum absolute atomic E-state index is 0.0762. The summed E-state index contributed by atoms with van der Waals surface area (Å²) in [7, 11) is 0. The second-order valence-electron chi connectivity index (χ2n) is 20.4. The second-order valence-corrected chi connectivity index (χ2v) is 22.2. The van der Waals surface area contributed by atoms with E-state index in [1.54, 1.807) is 11.1 Å². The maximum atomic E-state index is 3.73. The zero-order valence-corrected chi connectivity index (χ0v) is 40.5. The van der Waals surface area contributed by atoms with Crippen LogP contribution in [0.5, 0.6) is 0 Å². The normalized spacial score (nSPS) is 19.4. The number of benzene rings is 6. The zero-order chi connectivity index (χ0) is 42.5. The van der Waals surface area contributed by atoms with Crippen molar-refractivity contribution >= 4 is 66.0 Å². The first-order valence-electron chi connectivity index (χ1n) is 22.1. The van der Waals surface area contributed by atoms with Crippen LogP contribution in [0.15, 0.2) is 118 Å². The number of anilines is 6. The fraction of sp³-hybridized carbons (Fsp3) is 0.357. The van der Waals surface area contributed by atoms with Gasteiger partial charge in [-0.3, -0.25) is 0 Å². The predicted octanol–water partition coefficient (Wildman–Crippen LogP) is 17.5. The highest BCUT2D eigenvalue weighted by Crippen LogP contribution is 2.70. The van der Waals surface area contributed by atoms with Crippen LogP contribution in [0.2, 0.25) is 0 Å². The van der Waals surface area contributed by atoms with E-state index in [2.05, 4.69) is 220 Å². The number of halogens is 2. The lowest BCUT2D eigenvalue weighted by molar-refractivity contribution is 0.299. The summed E-state index contributed by atoms with van der Waals surface area (Å²) in [5.41, 5.74) is 21.8. The molecule has 60 heavy (non-hydrogen) atoms. The third-order valence-electron chi connectivity index (χ3n) is 14.5. The lowest BCUT2D eigenvalue weighted by Crippen LogP contribution is -2.43. The van der Waals surface area contributed by atoms with Gasteiger partial charge in [0.15, 0.2) is 0 Å². The van der Waals surface area contributed by atoms with E-state index < -0.39 is 0 Å². The van der Waals surface area contributed by atoms with E-state index in [1.165, 1.54) is 117 Å². The zero-order valence-electron chi connectivity index (χ0n) is 37.3. The Bertz CT molecular complexity index is 2400. The summed E-state index contributed by atoms with van der Waals surface area (Å²) in [5.74, 6) is 0. The fourth-order valence-corrected chi connectivity index (χ4v) is 12.3. The van der Waals surface area contributed by atoms with E-state index in [9.17, 15) is 0 Å². The Balaban J connectivity index is 1.24. The lowest BCUT2D eigenvalue weighted by Gasteiger charge is -2.48. The number of nitrogens with zero attached hydrogens (tertiary/aromatic N) is 2. The van der Waals surface area contributed by atoms with Crippen LogP contribution >= 0.6 is 31.9 Å². The number of rotatable bonds is 6. The van der Waals surface area contributed by atoms with Crippen molar-refractivity contribution in [1.29, 1.82) is 0 Å². The Labute approximate surface area is 376 Å². The van der Waals surface area contributed by atoms with Crippen molar-refractivity contribution < 1.29 is 0 Å². The van der Waals surface area contributed by atoms with E-state index in [4.69, 9.17) is 0 Å². The Hall–Kier alpha value is -4.12. The first kappa shape index (κ1) is 41.2. The molecule has 2 nitrogen and oxygen atoms in total. The van der Waals surface area contributed by atoms with Gasteiger partial charge in [-0.25, -0.2) is 0 Å². The maximum absolute atomic E-state index is 3.73. The average molecular weight is 921 g/mol. The van der Waals surface area contributed by atoms with Crippen molar-refractivity contribution in [1.82, 2.24) is 0 Å². The molecule has 3 aliphatic carbocycles. The number of aryl methyl sites for hydroxylation is 4. The Kier molecular flexibility index (Phi) is 10.1. The lowest BCUT2D eigenvalue weighted by atomic mass is 9.55. The molecule has 0 bridgehead atoms. The minimum Gasteiger partial charge on any atom is -0.310 e. The third-order valence-corrected chi connectivity index (χ3v) is 15.6. The SMILES string of the molecule is Cc1cc(C(C)(C)C)cc(C)c1N(c1ccc(Br)cc1)c1ccc2c(c1)[C@]13CCC[C@]1(CCC3)c1cc(N(c3ccc(Br)cc3)c3c(C)cc(C(C)(C)C)cc3C)ccc1-2. The molecular formula is C56H60Br2N2. The van der Waals surface area contributed by atoms with Gasteiger partial charge in [0.1, 0.15) is 0 Å². The molecule has 0 saturated heterocycles. The van der Waals surface area contributed by atoms with Gasteiger partial charge in [-0.15, -0.1) is 0 Å². The van der Waals surface area contributed by atoms with Crippen LogP contribution in [0, 0.1) is 27.7 Å². The molecule has 0 aromatic heterocycles. The minimum atomic E-state index is 0.0762. The molecular weight excluding hydrogens is 860 g/mol. The summed E-state index contributed by atoms with van der Waals surface area (Å²) < 4.78 is 2.19. The van der Waals surface area contributed by atoms with Crippen LogP contribution in [0.25, 0.3) is 11.1 Å². The van der Waals surface area contributed by atoms with Crippen LogP contribution < -0.4 is 9.80 Å². The second kappa shape index (κ2) is 14.8. The van der Waals surface area contributed by atoms with Gasteiger partial charge in [0.25, 0.3) is 0 Å². The first-order valence-corrected chi connectivity index (χ1v) is 23.6. The number of fused-ring (bicyclic) bond motifs is 3. The Morgan fingerprint density at radius 1 is 0.417 bits per heavy atom. The van der Waals surface area contributed by atoms with Gasteiger partial charge in [-0.2, -0.15) is 0 Å². The highest BCUT2D eigenvalue weighted by molar-refractivity contribution is 9.10. The van der Waals surface area contributed by atoms with Crippen molar-refractivity contribution in [2.75, 3.05) is 9.80 Å². The predicted molar refractivity (Wildman–Crippen MR) is 264 cm³/mol. The van der Waals surface area contributed by atoms with Crippen LogP contribution in [0.3, 0.4) is 0 Å².